The molecule has 1 atom stereocenters. The number of aromatic amines is 1. The molecule has 106 valence electrons. The first-order valence-electron chi connectivity index (χ1n) is 7.60. The number of hydrogen-bond acceptors (Lipinski definition) is 4. The zero-order valence-corrected chi connectivity index (χ0v) is 12.5. The first-order chi connectivity index (χ1) is 9.90. The van der Waals surface area contributed by atoms with Crippen molar-refractivity contribution in [2.45, 2.75) is 51.1 Å². The number of hydrogen-bond donors (Lipinski definition) is 1. The number of imidazole rings is 1. The molecule has 2 aromatic heterocycles. The maximum atomic E-state index is 4.90. The fourth-order valence-electron chi connectivity index (χ4n) is 3.46. The lowest BCUT2D eigenvalue weighted by molar-refractivity contribution is 0.240. The lowest BCUT2D eigenvalue weighted by Crippen LogP contribution is -2.23. The molecular weight excluding hydrogens is 268 g/mol. The summed E-state index contributed by atoms with van der Waals surface area (Å²) in [6.45, 7) is 2.13. The summed E-state index contributed by atoms with van der Waals surface area (Å²) in [5.74, 6) is 1.20. The molecule has 0 unspecified atom stereocenters. The van der Waals surface area contributed by atoms with Crippen molar-refractivity contribution in [1.29, 1.82) is 0 Å². The zero-order chi connectivity index (χ0) is 13.4. The molecule has 3 heterocycles. The Hall–Kier alpha value is -1.20. The Morgan fingerprint density at radius 1 is 1.30 bits per heavy atom. The van der Waals surface area contributed by atoms with E-state index in [1.807, 2.05) is 6.20 Å². The van der Waals surface area contributed by atoms with E-state index in [4.69, 9.17) is 4.98 Å². The van der Waals surface area contributed by atoms with Crippen molar-refractivity contribution in [2.75, 3.05) is 6.54 Å². The number of aromatic nitrogens is 3. The second kappa shape index (κ2) is 5.30. The number of H-pyrrole nitrogens is 1. The molecule has 5 heteroatoms. The number of likely N-dealkylation sites (tertiary alicyclic amines) is 1. The molecule has 0 bridgehead atoms. The average Bonchev–Trinajstić information content (AvgIpc) is 3.18. The molecule has 1 aliphatic heterocycles. The van der Waals surface area contributed by atoms with Crippen molar-refractivity contribution in [2.24, 2.45) is 0 Å². The molecule has 4 rings (SSSR count). The van der Waals surface area contributed by atoms with E-state index >= 15 is 0 Å². The molecule has 0 saturated carbocycles. The van der Waals surface area contributed by atoms with Gasteiger partial charge in [-0.05, 0) is 45.1 Å². The Bertz CT molecular complexity index is 551. The molecular formula is C15H20N4S. The summed E-state index contributed by atoms with van der Waals surface area (Å²) in [4.78, 5) is 15.5. The van der Waals surface area contributed by atoms with Crippen molar-refractivity contribution >= 4 is 11.3 Å². The second-order valence-electron chi connectivity index (χ2n) is 5.81. The van der Waals surface area contributed by atoms with E-state index in [-0.39, 0.29) is 0 Å². The van der Waals surface area contributed by atoms with Crippen molar-refractivity contribution in [3.05, 3.63) is 33.8 Å². The number of aryl methyl sites for hydroxylation is 2. The van der Waals surface area contributed by atoms with Gasteiger partial charge >= 0.3 is 0 Å². The molecule has 20 heavy (non-hydrogen) atoms. The Balaban J connectivity index is 1.55. The lowest BCUT2D eigenvalue weighted by atomic mass is 10.0. The molecule has 2 aliphatic rings. The van der Waals surface area contributed by atoms with E-state index in [0.29, 0.717) is 6.04 Å². The predicted molar refractivity (Wildman–Crippen MR) is 79.7 cm³/mol. The fourth-order valence-corrected chi connectivity index (χ4v) is 4.10. The van der Waals surface area contributed by atoms with Gasteiger partial charge in [-0.15, -0.1) is 11.3 Å². The molecule has 1 fully saturated rings. The minimum absolute atomic E-state index is 0.462. The highest BCUT2D eigenvalue weighted by atomic mass is 32.1. The van der Waals surface area contributed by atoms with Crippen molar-refractivity contribution in [3.8, 4) is 0 Å². The highest BCUT2D eigenvalue weighted by molar-refractivity contribution is 7.09. The van der Waals surface area contributed by atoms with E-state index in [0.717, 1.165) is 19.5 Å². The first kappa shape index (κ1) is 12.5. The molecule has 0 spiro atoms. The quantitative estimate of drug-likeness (QED) is 0.944. The zero-order valence-electron chi connectivity index (χ0n) is 11.6. The Labute approximate surface area is 123 Å². The number of nitrogens with zero attached hydrogens (tertiary/aromatic N) is 3. The van der Waals surface area contributed by atoms with Crippen LogP contribution in [0.2, 0.25) is 0 Å². The molecule has 1 aliphatic carbocycles. The summed E-state index contributed by atoms with van der Waals surface area (Å²) in [7, 11) is 0. The van der Waals surface area contributed by atoms with E-state index in [1.165, 1.54) is 54.3 Å². The van der Waals surface area contributed by atoms with Gasteiger partial charge < -0.3 is 4.98 Å². The minimum atomic E-state index is 0.462. The van der Waals surface area contributed by atoms with Crippen LogP contribution in [-0.2, 0) is 19.4 Å². The molecule has 4 nitrogen and oxygen atoms in total. The van der Waals surface area contributed by atoms with Crippen LogP contribution in [0.5, 0.6) is 0 Å². The smallest absolute Gasteiger partial charge is 0.124 e. The standard InChI is InChI=1S/C15H20N4S/c1-2-5-12-11(4-1)17-15(18-12)13-6-3-8-19(13)10-14-16-7-9-20-14/h7,9,13H,1-6,8,10H2,(H,17,18)/t13-/m0/s1. The average molecular weight is 288 g/mol. The van der Waals surface area contributed by atoms with E-state index < -0.39 is 0 Å². The Morgan fingerprint density at radius 2 is 2.25 bits per heavy atom. The maximum absolute atomic E-state index is 4.90. The minimum Gasteiger partial charge on any atom is -0.344 e. The summed E-state index contributed by atoms with van der Waals surface area (Å²) in [6, 6.07) is 0.462. The summed E-state index contributed by atoms with van der Waals surface area (Å²) < 4.78 is 0. The first-order valence-corrected chi connectivity index (χ1v) is 8.48. The molecule has 0 aromatic carbocycles. The molecule has 2 aromatic rings. The maximum Gasteiger partial charge on any atom is 0.124 e. The van der Waals surface area contributed by atoms with Crippen molar-refractivity contribution < 1.29 is 0 Å². The van der Waals surface area contributed by atoms with Gasteiger partial charge in [-0.1, -0.05) is 0 Å². The number of thiazole rings is 1. The normalized spacial score (nSPS) is 23.1. The largest absolute Gasteiger partial charge is 0.344 e. The molecule has 0 amide bonds. The van der Waals surface area contributed by atoms with Crippen LogP contribution in [0.25, 0.3) is 0 Å². The van der Waals surface area contributed by atoms with E-state index in [9.17, 15) is 0 Å². The Kier molecular flexibility index (Phi) is 3.32. The fraction of sp³-hybridized carbons (Fsp3) is 0.600. The highest BCUT2D eigenvalue weighted by Gasteiger charge is 2.30. The van der Waals surface area contributed by atoms with Crippen molar-refractivity contribution in [1.82, 2.24) is 19.9 Å². The van der Waals surface area contributed by atoms with Gasteiger partial charge in [0.1, 0.15) is 10.8 Å². The summed E-state index contributed by atoms with van der Waals surface area (Å²) in [6.07, 6.45) is 9.33. The number of fused-ring (bicyclic) bond motifs is 1. The van der Waals surface area contributed by atoms with Gasteiger partial charge in [0.2, 0.25) is 0 Å². The number of rotatable bonds is 3. The van der Waals surface area contributed by atoms with E-state index in [1.54, 1.807) is 11.3 Å². The van der Waals surface area contributed by atoms with Crippen LogP contribution in [0, 0.1) is 0 Å². The van der Waals surface area contributed by atoms with Gasteiger partial charge in [-0.2, -0.15) is 0 Å². The number of nitrogens with one attached hydrogen (secondary N) is 1. The van der Waals surface area contributed by atoms with Crippen LogP contribution in [0.1, 0.15) is 53.9 Å². The van der Waals surface area contributed by atoms with Gasteiger partial charge in [0.05, 0.1) is 18.3 Å². The molecule has 1 N–H and O–H groups in total. The SMILES string of the molecule is c1csc(CN2CCC[C@H]2c2nc3c([nH]2)CCCC3)n1. The summed E-state index contributed by atoms with van der Waals surface area (Å²) in [5.41, 5.74) is 2.72. The highest BCUT2D eigenvalue weighted by Crippen LogP contribution is 2.33. The third-order valence-corrected chi connectivity index (χ3v) is 5.24. The third kappa shape index (κ3) is 2.29. The van der Waals surface area contributed by atoms with Crippen LogP contribution in [0.4, 0.5) is 0 Å². The third-order valence-electron chi connectivity index (χ3n) is 4.47. The molecule has 0 radical (unpaired) electrons. The monoisotopic (exact) mass is 288 g/mol. The van der Waals surface area contributed by atoms with Gasteiger partial charge in [0.15, 0.2) is 0 Å². The van der Waals surface area contributed by atoms with Crippen LogP contribution in [0.15, 0.2) is 11.6 Å². The van der Waals surface area contributed by atoms with Gasteiger partial charge in [-0.25, -0.2) is 9.97 Å². The van der Waals surface area contributed by atoms with Crippen molar-refractivity contribution in [3.63, 3.8) is 0 Å². The van der Waals surface area contributed by atoms with Gasteiger partial charge in [0.25, 0.3) is 0 Å². The van der Waals surface area contributed by atoms with E-state index in [2.05, 4.69) is 20.2 Å². The van der Waals surface area contributed by atoms with Crippen LogP contribution in [-0.4, -0.2) is 26.4 Å². The second-order valence-corrected chi connectivity index (χ2v) is 6.79. The van der Waals surface area contributed by atoms with Crippen LogP contribution in [0.3, 0.4) is 0 Å². The predicted octanol–water partition coefficient (Wildman–Crippen LogP) is 3.08. The topological polar surface area (TPSA) is 44.8 Å². The summed E-state index contributed by atoms with van der Waals surface area (Å²) in [5, 5.41) is 3.28. The van der Waals surface area contributed by atoms with Gasteiger partial charge in [-0.3, -0.25) is 4.90 Å². The lowest BCUT2D eigenvalue weighted by Gasteiger charge is -2.21. The summed E-state index contributed by atoms with van der Waals surface area (Å²) >= 11 is 1.75. The van der Waals surface area contributed by atoms with Gasteiger partial charge in [0, 0.05) is 17.3 Å². The molecule has 1 saturated heterocycles. The van der Waals surface area contributed by atoms with Crippen LogP contribution < -0.4 is 0 Å². The Morgan fingerprint density at radius 3 is 3.10 bits per heavy atom. The van der Waals surface area contributed by atoms with Crippen LogP contribution >= 0.6 is 11.3 Å².